The van der Waals surface area contributed by atoms with Gasteiger partial charge in [0, 0.05) is 22.7 Å². The zero-order valence-electron chi connectivity index (χ0n) is 10.5. The average molecular weight is 270 g/mol. The molecule has 1 aromatic carbocycles. The van der Waals surface area contributed by atoms with E-state index in [1.54, 1.807) is 0 Å². The molecule has 0 aliphatic heterocycles. The van der Waals surface area contributed by atoms with E-state index in [-0.39, 0.29) is 0 Å². The van der Waals surface area contributed by atoms with Crippen LogP contribution in [0.4, 0.5) is 0 Å². The summed E-state index contributed by atoms with van der Waals surface area (Å²) in [6, 6.07) is 10.1. The maximum absolute atomic E-state index is 6.13. The molecule has 3 nitrogen and oxygen atoms in total. The highest BCUT2D eigenvalue weighted by Gasteiger charge is 2.10. The Labute approximate surface area is 116 Å². The van der Waals surface area contributed by atoms with Gasteiger partial charge in [0.1, 0.15) is 11.5 Å². The molecule has 0 N–H and O–H groups in total. The first-order valence-electron chi connectivity index (χ1n) is 6.14. The van der Waals surface area contributed by atoms with Gasteiger partial charge >= 0.3 is 0 Å². The first-order chi connectivity index (χ1) is 9.29. The second-order valence-corrected chi connectivity index (χ2v) is 4.62. The van der Waals surface area contributed by atoms with E-state index >= 15 is 0 Å². The molecule has 94 valence electrons. The number of benzene rings is 1. The third kappa shape index (κ3) is 2.17. The van der Waals surface area contributed by atoms with Gasteiger partial charge in [-0.05, 0) is 18.6 Å². The summed E-state index contributed by atoms with van der Waals surface area (Å²) < 4.78 is 0. The molecule has 0 atom stereocenters. The van der Waals surface area contributed by atoms with Crippen molar-refractivity contribution in [2.24, 2.45) is 0 Å². The van der Waals surface area contributed by atoms with Gasteiger partial charge in [-0.15, -0.1) is 0 Å². The van der Waals surface area contributed by atoms with Gasteiger partial charge in [-0.25, -0.2) is 9.97 Å². The number of pyridine rings is 1. The fraction of sp³-hybridized carbons (Fsp3) is 0.133. The SMILES string of the molecule is CCc1c(Cl)ncnc1-c1cnc2ccccc2c1. The highest BCUT2D eigenvalue weighted by Crippen LogP contribution is 2.27. The fourth-order valence-corrected chi connectivity index (χ4v) is 2.42. The van der Waals surface area contributed by atoms with Crippen molar-refractivity contribution >= 4 is 22.5 Å². The van der Waals surface area contributed by atoms with Crippen LogP contribution >= 0.6 is 11.6 Å². The molecule has 3 aromatic rings. The molecule has 0 spiro atoms. The lowest BCUT2D eigenvalue weighted by atomic mass is 10.1. The van der Waals surface area contributed by atoms with Gasteiger partial charge < -0.3 is 0 Å². The smallest absolute Gasteiger partial charge is 0.136 e. The number of hydrogen-bond acceptors (Lipinski definition) is 3. The van der Waals surface area contributed by atoms with Crippen LogP contribution in [-0.4, -0.2) is 15.0 Å². The Morgan fingerprint density at radius 2 is 1.95 bits per heavy atom. The minimum Gasteiger partial charge on any atom is -0.256 e. The quantitative estimate of drug-likeness (QED) is 0.662. The second kappa shape index (κ2) is 4.94. The number of hydrogen-bond donors (Lipinski definition) is 0. The maximum Gasteiger partial charge on any atom is 0.136 e. The van der Waals surface area contributed by atoms with Gasteiger partial charge in [-0.1, -0.05) is 36.7 Å². The molecule has 2 heterocycles. The summed E-state index contributed by atoms with van der Waals surface area (Å²) in [5.41, 5.74) is 3.77. The molecule has 0 unspecified atom stereocenters. The number of nitrogens with zero attached hydrogens (tertiary/aromatic N) is 3. The molecular weight excluding hydrogens is 258 g/mol. The summed E-state index contributed by atoms with van der Waals surface area (Å²) >= 11 is 6.13. The van der Waals surface area contributed by atoms with Crippen LogP contribution in [0.25, 0.3) is 22.2 Å². The standard InChI is InChI=1S/C15H12ClN3/c1-2-12-14(18-9-19-15(12)16)11-7-10-5-3-4-6-13(10)17-8-11/h3-9H,2H2,1H3. The first-order valence-corrected chi connectivity index (χ1v) is 6.52. The largest absolute Gasteiger partial charge is 0.256 e. The van der Waals surface area contributed by atoms with Crippen molar-refractivity contribution in [3.63, 3.8) is 0 Å². The van der Waals surface area contributed by atoms with E-state index in [0.29, 0.717) is 5.15 Å². The number of aromatic nitrogens is 3. The lowest BCUT2D eigenvalue weighted by molar-refractivity contribution is 1.05. The van der Waals surface area contributed by atoms with Crippen LogP contribution in [0.5, 0.6) is 0 Å². The summed E-state index contributed by atoms with van der Waals surface area (Å²) in [5.74, 6) is 0. The Morgan fingerprint density at radius 1 is 1.11 bits per heavy atom. The molecule has 0 aliphatic rings. The van der Waals surface area contributed by atoms with E-state index in [4.69, 9.17) is 11.6 Å². The molecule has 2 aromatic heterocycles. The highest BCUT2D eigenvalue weighted by atomic mass is 35.5. The van der Waals surface area contributed by atoms with Crippen LogP contribution in [0.2, 0.25) is 5.15 Å². The van der Waals surface area contributed by atoms with Gasteiger partial charge in [0.15, 0.2) is 0 Å². The monoisotopic (exact) mass is 269 g/mol. The Balaban J connectivity index is 2.22. The highest BCUT2D eigenvalue weighted by molar-refractivity contribution is 6.30. The minimum atomic E-state index is 0.514. The number of para-hydroxylation sites is 1. The van der Waals surface area contributed by atoms with E-state index in [9.17, 15) is 0 Å². The molecule has 0 saturated carbocycles. The van der Waals surface area contributed by atoms with Crippen molar-refractivity contribution in [2.75, 3.05) is 0 Å². The van der Waals surface area contributed by atoms with Crippen LogP contribution in [0.1, 0.15) is 12.5 Å². The lowest BCUT2D eigenvalue weighted by Gasteiger charge is -2.08. The first kappa shape index (κ1) is 12.1. The average Bonchev–Trinajstić information content (AvgIpc) is 2.46. The third-order valence-corrected chi connectivity index (χ3v) is 3.44. The van der Waals surface area contributed by atoms with E-state index in [1.165, 1.54) is 6.33 Å². The Hall–Kier alpha value is -2.00. The van der Waals surface area contributed by atoms with E-state index in [1.807, 2.05) is 37.4 Å². The predicted molar refractivity (Wildman–Crippen MR) is 77.2 cm³/mol. The zero-order chi connectivity index (χ0) is 13.2. The van der Waals surface area contributed by atoms with Crippen molar-refractivity contribution in [3.05, 3.63) is 53.6 Å². The van der Waals surface area contributed by atoms with Crippen molar-refractivity contribution in [1.29, 1.82) is 0 Å². The van der Waals surface area contributed by atoms with E-state index < -0.39 is 0 Å². The topological polar surface area (TPSA) is 38.7 Å². The summed E-state index contributed by atoms with van der Waals surface area (Å²) in [7, 11) is 0. The van der Waals surface area contributed by atoms with Crippen LogP contribution in [-0.2, 0) is 6.42 Å². The molecular formula is C15H12ClN3. The summed E-state index contributed by atoms with van der Waals surface area (Å²) in [4.78, 5) is 12.8. The second-order valence-electron chi connectivity index (χ2n) is 4.26. The predicted octanol–water partition coefficient (Wildman–Crippen LogP) is 3.91. The number of fused-ring (bicyclic) bond motifs is 1. The van der Waals surface area contributed by atoms with E-state index in [2.05, 4.69) is 21.0 Å². The summed E-state index contributed by atoms with van der Waals surface area (Å²) in [6.07, 6.45) is 4.12. The van der Waals surface area contributed by atoms with Crippen molar-refractivity contribution in [2.45, 2.75) is 13.3 Å². The van der Waals surface area contributed by atoms with Gasteiger partial charge in [-0.3, -0.25) is 4.98 Å². The van der Waals surface area contributed by atoms with Gasteiger partial charge in [0.05, 0.1) is 11.2 Å². The molecule has 3 rings (SSSR count). The molecule has 0 saturated heterocycles. The number of rotatable bonds is 2. The summed E-state index contributed by atoms with van der Waals surface area (Å²) in [5, 5.41) is 1.61. The summed E-state index contributed by atoms with van der Waals surface area (Å²) in [6.45, 7) is 2.04. The van der Waals surface area contributed by atoms with Gasteiger partial charge in [0.2, 0.25) is 0 Å². The molecule has 0 radical (unpaired) electrons. The van der Waals surface area contributed by atoms with Crippen molar-refractivity contribution in [1.82, 2.24) is 15.0 Å². The molecule has 19 heavy (non-hydrogen) atoms. The normalized spacial score (nSPS) is 10.8. The van der Waals surface area contributed by atoms with Crippen molar-refractivity contribution < 1.29 is 0 Å². The Kier molecular flexibility index (Phi) is 3.13. The van der Waals surface area contributed by atoms with Crippen LogP contribution in [0.15, 0.2) is 42.9 Å². The Bertz CT molecular complexity index is 740. The minimum absolute atomic E-state index is 0.514. The molecule has 0 fully saturated rings. The van der Waals surface area contributed by atoms with E-state index in [0.717, 1.165) is 34.1 Å². The fourth-order valence-electron chi connectivity index (χ4n) is 2.15. The Morgan fingerprint density at radius 3 is 2.79 bits per heavy atom. The molecule has 4 heteroatoms. The molecule has 0 aliphatic carbocycles. The van der Waals surface area contributed by atoms with Gasteiger partial charge in [0.25, 0.3) is 0 Å². The van der Waals surface area contributed by atoms with Crippen molar-refractivity contribution in [3.8, 4) is 11.3 Å². The van der Waals surface area contributed by atoms with Crippen LogP contribution in [0.3, 0.4) is 0 Å². The lowest BCUT2D eigenvalue weighted by Crippen LogP contribution is -1.96. The van der Waals surface area contributed by atoms with Gasteiger partial charge in [-0.2, -0.15) is 0 Å². The van der Waals surface area contributed by atoms with Crippen LogP contribution < -0.4 is 0 Å². The molecule has 0 bridgehead atoms. The molecule has 0 amide bonds. The zero-order valence-corrected chi connectivity index (χ0v) is 11.2. The number of halogens is 1. The van der Waals surface area contributed by atoms with Crippen LogP contribution in [0, 0.1) is 0 Å². The third-order valence-electron chi connectivity index (χ3n) is 3.11. The maximum atomic E-state index is 6.13.